The SMILES string of the molecule is O=C1CC(CS(=O)(=O)Cl)CN1c1nc(-c2ccccc2)cs1. The van der Waals surface area contributed by atoms with Gasteiger partial charge in [0.1, 0.15) is 0 Å². The first kappa shape index (κ1) is 15.5. The van der Waals surface area contributed by atoms with Crippen molar-refractivity contribution in [2.75, 3.05) is 17.2 Å². The third-order valence-corrected chi connectivity index (χ3v) is 5.54. The summed E-state index contributed by atoms with van der Waals surface area (Å²) in [6.07, 6.45) is 0.187. The number of rotatable bonds is 4. The summed E-state index contributed by atoms with van der Waals surface area (Å²) in [6.45, 7) is 0.340. The van der Waals surface area contributed by atoms with E-state index in [-0.39, 0.29) is 24.0 Å². The maximum atomic E-state index is 12.1. The van der Waals surface area contributed by atoms with Gasteiger partial charge in [0.25, 0.3) is 0 Å². The van der Waals surface area contributed by atoms with E-state index in [9.17, 15) is 13.2 Å². The van der Waals surface area contributed by atoms with Gasteiger partial charge in [-0.25, -0.2) is 13.4 Å². The smallest absolute Gasteiger partial charge is 0.232 e. The van der Waals surface area contributed by atoms with Crippen molar-refractivity contribution in [1.29, 1.82) is 0 Å². The van der Waals surface area contributed by atoms with E-state index in [0.717, 1.165) is 11.3 Å². The summed E-state index contributed by atoms with van der Waals surface area (Å²) < 4.78 is 22.3. The molecule has 0 aliphatic carbocycles. The van der Waals surface area contributed by atoms with Crippen molar-refractivity contribution in [1.82, 2.24) is 4.98 Å². The molecule has 8 heteroatoms. The number of halogens is 1. The Labute approximate surface area is 137 Å². The molecule has 5 nitrogen and oxygen atoms in total. The quantitative estimate of drug-likeness (QED) is 0.790. The van der Waals surface area contributed by atoms with Crippen molar-refractivity contribution in [3.8, 4) is 11.3 Å². The summed E-state index contributed by atoms with van der Waals surface area (Å²) in [5.74, 6) is -0.577. The maximum Gasteiger partial charge on any atom is 0.232 e. The number of hydrogen-bond donors (Lipinski definition) is 0. The summed E-state index contributed by atoms with van der Waals surface area (Å²) in [5.41, 5.74) is 1.79. The Bertz CT molecular complexity index is 789. The summed E-state index contributed by atoms with van der Waals surface area (Å²) >= 11 is 1.38. The Morgan fingerprint density at radius 1 is 1.32 bits per heavy atom. The normalized spacial score (nSPS) is 18.9. The molecule has 1 saturated heterocycles. The van der Waals surface area contributed by atoms with Crippen LogP contribution in [0.3, 0.4) is 0 Å². The minimum Gasteiger partial charge on any atom is -0.288 e. The Morgan fingerprint density at radius 2 is 2.05 bits per heavy atom. The molecule has 116 valence electrons. The van der Waals surface area contributed by atoms with E-state index < -0.39 is 9.05 Å². The summed E-state index contributed by atoms with van der Waals surface area (Å²) in [7, 11) is 1.67. The van der Waals surface area contributed by atoms with Gasteiger partial charge in [-0.15, -0.1) is 11.3 Å². The summed E-state index contributed by atoms with van der Waals surface area (Å²) in [6, 6.07) is 9.69. The highest BCUT2D eigenvalue weighted by Crippen LogP contribution is 2.32. The van der Waals surface area contributed by atoms with Crippen molar-refractivity contribution in [3.05, 3.63) is 35.7 Å². The molecular weight excluding hydrogens is 344 g/mol. The molecule has 1 atom stereocenters. The summed E-state index contributed by atoms with van der Waals surface area (Å²) in [4.78, 5) is 18.1. The highest BCUT2D eigenvalue weighted by molar-refractivity contribution is 8.13. The molecule has 2 aromatic rings. The van der Waals surface area contributed by atoms with Crippen LogP contribution in [0.15, 0.2) is 35.7 Å². The zero-order valence-corrected chi connectivity index (χ0v) is 13.9. The molecule has 1 amide bonds. The average molecular weight is 357 g/mol. The van der Waals surface area contributed by atoms with E-state index in [1.54, 1.807) is 4.90 Å². The molecule has 0 radical (unpaired) electrons. The zero-order chi connectivity index (χ0) is 15.7. The van der Waals surface area contributed by atoms with E-state index in [4.69, 9.17) is 10.7 Å². The van der Waals surface area contributed by atoms with Crippen LogP contribution in [-0.4, -0.2) is 31.6 Å². The fourth-order valence-electron chi connectivity index (χ4n) is 2.49. The molecule has 1 aliphatic heterocycles. The molecule has 1 fully saturated rings. The van der Waals surface area contributed by atoms with E-state index in [1.807, 2.05) is 35.7 Å². The topological polar surface area (TPSA) is 67.3 Å². The molecule has 1 aliphatic rings. The predicted molar refractivity (Wildman–Crippen MR) is 87.6 cm³/mol. The van der Waals surface area contributed by atoms with Crippen LogP contribution in [0, 0.1) is 5.92 Å². The first-order valence-electron chi connectivity index (χ1n) is 6.66. The third-order valence-electron chi connectivity index (χ3n) is 3.43. The highest BCUT2D eigenvalue weighted by atomic mass is 35.7. The van der Waals surface area contributed by atoms with E-state index in [0.29, 0.717) is 11.7 Å². The second-order valence-corrected chi connectivity index (χ2v) is 8.82. The fraction of sp³-hybridized carbons (Fsp3) is 0.286. The Hall–Kier alpha value is -1.44. The van der Waals surface area contributed by atoms with Gasteiger partial charge in [0.2, 0.25) is 15.0 Å². The molecule has 3 rings (SSSR count). The lowest BCUT2D eigenvalue weighted by Crippen LogP contribution is -2.25. The number of carbonyl (C=O) groups is 1. The van der Waals surface area contributed by atoms with Crippen LogP contribution in [0.1, 0.15) is 6.42 Å². The van der Waals surface area contributed by atoms with Crippen molar-refractivity contribution < 1.29 is 13.2 Å². The van der Waals surface area contributed by atoms with Gasteiger partial charge < -0.3 is 0 Å². The van der Waals surface area contributed by atoms with E-state index in [2.05, 4.69) is 4.98 Å². The number of nitrogens with zero attached hydrogens (tertiary/aromatic N) is 2. The molecule has 0 spiro atoms. The molecule has 0 saturated carbocycles. The molecule has 1 aromatic heterocycles. The van der Waals surface area contributed by atoms with Gasteiger partial charge in [-0.2, -0.15) is 0 Å². The van der Waals surface area contributed by atoms with Crippen LogP contribution in [0.4, 0.5) is 5.13 Å². The highest BCUT2D eigenvalue weighted by Gasteiger charge is 2.34. The molecular formula is C14H13ClN2O3S2. The Balaban J connectivity index is 1.78. The van der Waals surface area contributed by atoms with E-state index in [1.165, 1.54) is 11.3 Å². The van der Waals surface area contributed by atoms with Gasteiger partial charge >= 0.3 is 0 Å². The lowest BCUT2D eigenvalue weighted by Gasteiger charge is -2.12. The Kier molecular flexibility index (Phi) is 4.20. The number of aromatic nitrogens is 1. The van der Waals surface area contributed by atoms with Gasteiger partial charge in [0.05, 0.1) is 11.4 Å². The third kappa shape index (κ3) is 3.48. The molecule has 0 bridgehead atoms. The van der Waals surface area contributed by atoms with Crippen LogP contribution in [0.2, 0.25) is 0 Å². The molecule has 2 heterocycles. The molecule has 1 unspecified atom stereocenters. The largest absolute Gasteiger partial charge is 0.288 e. The van der Waals surface area contributed by atoms with Crippen LogP contribution < -0.4 is 4.90 Å². The fourth-order valence-corrected chi connectivity index (χ4v) is 4.67. The van der Waals surface area contributed by atoms with Crippen molar-refractivity contribution in [2.45, 2.75) is 6.42 Å². The number of benzene rings is 1. The first-order chi connectivity index (χ1) is 10.4. The number of anilines is 1. The first-order valence-corrected chi connectivity index (χ1v) is 10.0. The van der Waals surface area contributed by atoms with Gasteiger partial charge in [0.15, 0.2) is 5.13 Å². The van der Waals surface area contributed by atoms with Crippen LogP contribution in [0.5, 0.6) is 0 Å². The second-order valence-electron chi connectivity index (χ2n) is 5.16. The van der Waals surface area contributed by atoms with Gasteiger partial charge in [-0.1, -0.05) is 30.3 Å². The number of amides is 1. The standard InChI is InChI=1S/C14H13ClN2O3S2/c15-22(19,20)9-10-6-13(18)17(7-10)14-16-12(8-21-14)11-4-2-1-3-5-11/h1-5,8,10H,6-7,9H2. The van der Waals surface area contributed by atoms with Crippen molar-refractivity contribution in [2.24, 2.45) is 5.92 Å². The van der Waals surface area contributed by atoms with Gasteiger partial charge in [0, 0.05) is 40.5 Å². The van der Waals surface area contributed by atoms with Gasteiger partial charge in [-0.05, 0) is 0 Å². The molecule has 22 heavy (non-hydrogen) atoms. The monoisotopic (exact) mass is 356 g/mol. The van der Waals surface area contributed by atoms with Gasteiger partial charge in [-0.3, -0.25) is 9.69 Å². The summed E-state index contributed by atoms with van der Waals surface area (Å²) in [5, 5.41) is 2.49. The molecule has 0 N–H and O–H groups in total. The minimum atomic E-state index is -3.60. The van der Waals surface area contributed by atoms with E-state index >= 15 is 0 Å². The minimum absolute atomic E-state index is 0.112. The van der Waals surface area contributed by atoms with Crippen molar-refractivity contribution >= 4 is 42.1 Å². The number of thiazole rings is 1. The zero-order valence-electron chi connectivity index (χ0n) is 11.5. The van der Waals surface area contributed by atoms with Crippen LogP contribution >= 0.6 is 22.0 Å². The second kappa shape index (κ2) is 5.98. The lowest BCUT2D eigenvalue weighted by atomic mass is 10.1. The number of hydrogen-bond acceptors (Lipinski definition) is 5. The Morgan fingerprint density at radius 3 is 2.73 bits per heavy atom. The van der Waals surface area contributed by atoms with Crippen LogP contribution in [0.25, 0.3) is 11.3 Å². The number of carbonyl (C=O) groups excluding carboxylic acids is 1. The van der Waals surface area contributed by atoms with Crippen LogP contribution in [-0.2, 0) is 13.8 Å². The lowest BCUT2D eigenvalue weighted by molar-refractivity contribution is -0.117. The van der Waals surface area contributed by atoms with Crippen molar-refractivity contribution in [3.63, 3.8) is 0 Å². The average Bonchev–Trinajstić information content (AvgIpc) is 3.05. The predicted octanol–water partition coefficient (Wildman–Crippen LogP) is 2.73. The molecule has 1 aromatic carbocycles. The maximum absolute atomic E-state index is 12.1.